The van der Waals surface area contributed by atoms with Crippen molar-refractivity contribution in [3.05, 3.63) is 0 Å². The maximum absolute atomic E-state index is 11.8. The Morgan fingerprint density at radius 3 is 2.50 bits per heavy atom. The number of carbonyl (C=O) groups is 1. The van der Waals surface area contributed by atoms with E-state index >= 15 is 0 Å². The smallest absolute Gasteiger partial charge is 0.130 e. The summed E-state index contributed by atoms with van der Waals surface area (Å²) in [6.45, 7) is 6.97. The zero-order valence-electron chi connectivity index (χ0n) is 16.6. The molecule has 26 heavy (non-hydrogen) atoms. The van der Waals surface area contributed by atoms with E-state index in [1.54, 1.807) is 6.92 Å². The number of fused-ring (bicyclic) bond motifs is 5. The second-order valence-electron chi connectivity index (χ2n) is 10.4. The van der Waals surface area contributed by atoms with Crippen molar-refractivity contribution in [3.63, 3.8) is 0 Å². The molecule has 0 N–H and O–H groups in total. The Morgan fingerprint density at radius 1 is 1.04 bits per heavy atom. The van der Waals surface area contributed by atoms with Gasteiger partial charge in [-0.15, -0.1) is 0 Å². The maximum Gasteiger partial charge on any atom is 0.130 e. The number of Topliss-reactive ketones (excluding diaryl/α,β-unsaturated/α-hetero) is 1. The third-order valence-electron chi connectivity index (χ3n) is 9.52. The second-order valence-corrected chi connectivity index (χ2v) is 11.8. The summed E-state index contributed by atoms with van der Waals surface area (Å²) in [5.41, 5.74) is 0.979. The fourth-order valence-corrected chi connectivity index (χ4v) is 9.31. The van der Waals surface area contributed by atoms with Crippen molar-refractivity contribution in [1.29, 1.82) is 0 Å². The highest BCUT2D eigenvalue weighted by Crippen LogP contribution is 2.68. The highest BCUT2D eigenvalue weighted by atomic mass is 127. The van der Waals surface area contributed by atoms with Crippen LogP contribution >= 0.6 is 30.4 Å². The van der Waals surface area contributed by atoms with Gasteiger partial charge in [0.05, 0.1) is 15.3 Å². The van der Waals surface area contributed by atoms with E-state index in [1.807, 2.05) is 0 Å². The topological polar surface area (TPSA) is 26.3 Å². The molecular weight excluding hydrogens is 455 g/mol. The summed E-state index contributed by atoms with van der Waals surface area (Å²) in [6, 6.07) is 0. The van der Waals surface area contributed by atoms with Crippen LogP contribution in [0.4, 0.5) is 0 Å². The van der Waals surface area contributed by atoms with E-state index in [2.05, 4.69) is 35.1 Å². The third kappa shape index (κ3) is 3.22. The standard InChI is InChI=1S/C22H35IO2S/c1-14(24)12-15-5-7-19-18-6-4-16-13-17(25-26-23)8-10-21(16,2)20(18)9-11-22(15,19)3/h15-20H,4-13H2,1-3H3. The van der Waals surface area contributed by atoms with Crippen LogP contribution in [0.5, 0.6) is 0 Å². The molecule has 4 saturated carbocycles. The summed E-state index contributed by atoms with van der Waals surface area (Å²) >= 11 is 2.27. The molecule has 4 heteroatoms. The van der Waals surface area contributed by atoms with Crippen LogP contribution in [-0.4, -0.2) is 11.9 Å². The van der Waals surface area contributed by atoms with E-state index in [4.69, 9.17) is 4.18 Å². The number of halogens is 1. The van der Waals surface area contributed by atoms with E-state index in [1.165, 1.54) is 67.0 Å². The van der Waals surface area contributed by atoms with Crippen LogP contribution in [0.3, 0.4) is 0 Å². The van der Waals surface area contributed by atoms with Crippen LogP contribution < -0.4 is 0 Å². The minimum absolute atomic E-state index is 0.404. The average molecular weight is 490 g/mol. The molecule has 4 aliphatic carbocycles. The van der Waals surface area contributed by atoms with Gasteiger partial charge < -0.3 is 8.98 Å². The highest BCUT2D eigenvalue weighted by molar-refractivity contribution is 14.2. The van der Waals surface area contributed by atoms with Gasteiger partial charge in [0.2, 0.25) is 0 Å². The van der Waals surface area contributed by atoms with E-state index in [-0.39, 0.29) is 0 Å². The first-order chi connectivity index (χ1) is 12.4. The van der Waals surface area contributed by atoms with Crippen molar-refractivity contribution in [2.45, 2.75) is 91.1 Å². The molecule has 0 bridgehead atoms. The maximum atomic E-state index is 11.8. The van der Waals surface area contributed by atoms with Gasteiger partial charge in [0.25, 0.3) is 0 Å². The Balaban J connectivity index is 1.52. The van der Waals surface area contributed by atoms with Gasteiger partial charge in [0.15, 0.2) is 0 Å². The molecular formula is C22H35IO2S. The molecule has 0 spiro atoms. The summed E-state index contributed by atoms with van der Waals surface area (Å²) in [5.74, 6) is 4.64. The molecule has 0 radical (unpaired) electrons. The number of rotatable bonds is 4. The summed E-state index contributed by atoms with van der Waals surface area (Å²) in [7, 11) is 1.53. The number of hydrogen-bond donors (Lipinski definition) is 0. The van der Waals surface area contributed by atoms with E-state index in [9.17, 15) is 4.79 Å². The normalized spacial score (nSPS) is 50.6. The molecule has 0 heterocycles. The van der Waals surface area contributed by atoms with Crippen molar-refractivity contribution in [3.8, 4) is 0 Å². The predicted octanol–water partition coefficient (Wildman–Crippen LogP) is 7.01. The van der Waals surface area contributed by atoms with Gasteiger partial charge in [-0.25, -0.2) is 0 Å². The molecule has 4 rings (SSSR count). The van der Waals surface area contributed by atoms with E-state index in [0.717, 1.165) is 30.1 Å². The number of hydrogen-bond acceptors (Lipinski definition) is 3. The molecule has 8 atom stereocenters. The third-order valence-corrected chi connectivity index (χ3v) is 10.5. The monoisotopic (exact) mass is 490 g/mol. The lowest BCUT2D eigenvalue weighted by molar-refractivity contribution is -0.128. The SMILES string of the molecule is CC(=O)CC1CCC2C3CCC4CC(OSI)CCC4(C)C3CCC12C. The molecule has 0 aromatic heterocycles. The van der Waals surface area contributed by atoms with Crippen molar-refractivity contribution in [1.82, 2.24) is 0 Å². The van der Waals surface area contributed by atoms with Gasteiger partial charge in [-0.3, -0.25) is 0 Å². The van der Waals surface area contributed by atoms with Crippen molar-refractivity contribution < 1.29 is 8.98 Å². The summed E-state index contributed by atoms with van der Waals surface area (Å²) in [4.78, 5) is 11.8. The van der Waals surface area contributed by atoms with Gasteiger partial charge in [0, 0.05) is 27.6 Å². The van der Waals surface area contributed by atoms with Crippen LogP contribution in [-0.2, 0) is 8.98 Å². The van der Waals surface area contributed by atoms with E-state index in [0.29, 0.717) is 28.6 Å². The second kappa shape index (κ2) is 7.51. The molecule has 148 valence electrons. The summed E-state index contributed by atoms with van der Waals surface area (Å²) < 4.78 is 5.92. The minimum Gasteiger partial charge on any atom is -0.302 e. The van der Waals surface area contributed by atoms with Gasteiger partial charge in [-0.1, -0.05) is 13.8 Å². The lowest BCUT2D eigenvalue weighted by atomic mass is 9.44. The average Bonchev–Trinajstić information content (AvgIpc) is 2.91. The molecule has 0 saturated heterocycles. The van der Waals surface area contributed by atoms with Crippen LogP contribution in [0, 0.1) is 40.4 Å². The van der Waals surface area contributed by atoms with Crippen LogP contribution in [0.15, 0.2) is 0 Å². The molecule has 4 aliphatic rings. The molecule has 2 nitrogen and oxygen atoms in total. The van der Waals surface area contributed by atoms with Crippen LogP contribution in [0.1, 0.15) is 85.0 Å². The predicted molar refractivity (Wildman–Crippen MR) is 117 cm³/mol. The van der Waals surface area contributed by atoms with Gasteiger partial charge in [-0.2, -0.15) is 0 Å². The van der Waals surface area contributed by atoms with Crippen molar-refractivity contribution in [2.75, 3.05) is 0 Å². The quantitative estimate of drug-likeness (QED) is 0.313. The lowest BCUT2D eigenvalue weighted by Crippen LogP contribution is -2.54. The highest BCUT2D eigenvalue weighted by Gasteiger charge is 2.60. The number of carbonyl (C=O) groups excluding carboxylic acids is 1. The van der Waals surface area contributed by atoms with Gasteiger partial charge in [0.1, 0.15) is 5.78 Å². The molecule has 0 amide bonds. The van der Waals surface area contributed by atoms with Crippen molar-refractivity contribution in [2.24, 2.45) is 40.4 Å². The Kier molecular flexibility index (Phi) is 5.78. The zero-order chi connectivity index (χ0) is 18.5. The Morgan fingerprint density at radius 2 is 1.77 bits per heavy atom. The fourth-order valence-electron chi connectivity index (χ4n) is 8.15. The minimum atomic E-state index is 0.404. The lowest BCUT2D eigenvalue weighted by Gasteiger charge is -2.61. The Labute approximate surface area is 176 Å². The summed E-state index contributed by atoms with van der Waals surface area (Å²) in [6.07, 6.45) is 13.5. The molecule has 0 aromatic rings. The fraction of sp³-hybridized carbons (Fsp3) is 0.955. The number of ketones is 1. The van der Waals surface area contributed by atoms with E-state index < -0.39 is 0 Å². The molecule has 0 aliphatic heterocycles. The first kappa shape index (κ1) is 20.0. The molecule has 0 aromatic carbocycles. The van der Waals surface area contributed by atoms with Crippen LogP contribution in [0.2, 0.25) is 0 Å². The van der Waals surface area contributed by atoms with Crippen LogP contribution in [0.25, 0.3) is 0 Å². The summed E-state index contributed by atoms with van der Waals surface area (Å²) in [5, 5.41) is 0. The molecule has 4 fully saturated rings. The molecule has 8 unspecified atom stereocenters. The van der Waals surface area contributed by atoms with Gasteiger partial charge in [-0.05, 0) is 105 Å². The van der Waals surface area contributed by atoms with Crippen molar-refractivity contribution >= 4 is 36.2 Å². The zero-order valence-corrected chi connectivity index (χ0v) is 19.6. The first-order valence-electron chi connectivity index (χ1n) is 10.8. The first-order valence-corrected chi connectivity index (χ1v) is 14.1. The van der Waals surface area contributed by atoms with Gasteiger partial charge >= 0.3 is 0 Å². The largest absolute Gasteiger partial charge is 0.302 e. The Hall–Kier alpha value is 0.710. The Bertz CT molecular complexity index is 554.